The van der Waals surface area contributed by atoms with Crippen molar-refractivity contribution in [1.82, 2.24) is 5.32 Å². The van der Waals surface area contributed by atoms with Crippen LogP contribution in [0.5, 0.6) is 11.5 Å². The highest BCUT2D eigenvalue weighted by Crippen LogP contribution is 2.32. The van der Waals surface area contributed by atoms with Crippen LogP contribution in [0.25, 0.3) is 11.0 Å². The van der Waals surface area contributed by atoms with Crippen LogP contribution in [-0.2, 0) is 4.79 Å². The van der Waals surface area contributed by atoms with Gasteiger partial charge in [0.25, 0.3) is 5.91 Å². The normalized spacial score (nSPS) is 11.9. The Hall–Kier alpha value is -3.48. The van der Waals surface area contributed by atoms with Gasteiger partial charge in [0.2, 0.25) is 0 Å². The molecule has 1 unspecified atom stereocenters. The summed E-state index contributed by atoms with van der Waals surface area (Å²) in [6, 6.07) is 9.90. The Morgan fingerprint density at radius 1 is 1.14 bits per heavy atom. The number of aryl methyl sites for hydroxylation is 2. The summed E-state index contributed by atoms with van der Waals surface area (Å²) in [6.45, 7) is 3.71. The number of aliphatic carboxylic acids is 1. The van der Waals surface area contributed by atoms with E-state index < -0.39 is 17.9 Å². The molecular weight excluding hydrogens is 374 g/mol. The van der Waals surface area contributed by atoms with Gasteiger partial charge in [-0.1, -0.05) is 18.2 Å². The van der Waals surface area contributed by atoms with Crippen LogP contribution in [0.15, 0.2) is 40.8 Å². The minimum atomic E-state index is -1.05. The Morgan fingerprint density at radius 2 is 1.90 bits per heavy atom. The molecule has 7 heteroatoms. The molecule has 1 atom stereocenters. The summed E-state index contributed by atoms with van der Waals surface area (Å²) in [5.41, 5.74) is 2.81. The average Bonchev–Trinajstić information content (AvgIpc) is 3.04. The molecule has 3 rings (SSSR count). The molecule has 0 aliphatic heterocycles. The van der Waals surface area contributed by atoms with E-state index in [1.165, 1.54) is 14.2 Å². The lowest BCUT2D eigenvalue weighted by molar-refractivity contribution is -0.137. The van der Waals surface area contributed by atoms with Crippen molar-refractivity contribution in [3.8, 4) is 11.5 Å². The number of methoxy groups -OCH3 is 2. The first-order valence-electron chi connectivity index (χ1n) is 9.09. The van der Waals surface area contributed by atoms with Gasteiger partial charge in [0.15, 0.2) is 5.76 Å². The van der Waals surface area contributed by atoms with Crippen molar-refractivity contribution in [3.63, 3.8) is 0 Å². The third kappa shape index (κ3) is 4.03. The maximum absolute atomic E-state index is 13.0. The third-order valence-electron chi connectivity index (χ3n) is 4.87. The molecule has 0 bridgehead atoms. The molecule has 152 valence electrons. The minimum Gasteiger partial charge on any atom is -0.497 e. The number of ether oxygens (including phenoxy) is 2. The van der Waals surface area contributed by atoms with Crippen LogP contribution in [0.3, 0.4) is 0 Å². The van der Waals surface area contributed by atoms with Gasteiger partial charge in [-0.2, -0.15) is 0 Å². The van der Waals surface area contributed by atoms with Crippen molar-refractivity contribution in [2.75, 3.05) is 14.2 Å². The first-order chi connectivity index (χ1) is 13.8. The molecule has 1 amide bonds. The van der Waals surface area contributed by atoms with Crippen molar-refractivity contribution >= 4 is 22.8 Å². The molecule has 0 aliphatic carbocycles. The zero-order valence-corrected chi connectivity index (χ0v) is 16.7. The van der Waals surface area contributed by atoms with Gasteiger partial charge in [-0.15, -0.1) is 0 Å². The second-order valence-electron chi connectivity index (χ2n) is 6.74. The predicted octanol–water partition coefficient (Wildman–Crippen LogP) is 4.01. The maximum atomic E-state index is 13.0. The lowest BCUT2D eigenvalue weighted by Gasteiger charge is -2.20. The van der Waals surface area contributed by atoms with Gasteiger partial charge >= 0.3 is 5.97 Å². The summed E-state index contributed by atoms with van der Waals surface area (Å²) in [4.78, 5) is 24.4. The number of carboxylic acid groups (broad SMARTS) is 1. The summed E-state index contributed by atoms with van der Waals surface area (Å²) in [7, 11) is 3.00. The highest BCUT2D eigenvalue weighted by atomic mass is 16.5. The Balaban J connectivity index is 1.98. The van der Waals surface area contributed by atoms with E-state index in [4.69, 9.17) is 13.9 Å². The average molecular weight is 397 g/mol. The summed E-state index contributed by atoms with van der Waals surface area (Å²) >= 11 is 0. The lowest BCUT2D eigenvalue weighted by atomic mass is 10.0. The Bertz CT molecular complexity index is 1070. The van der Waals surface area contributed by atoms with Crippen LogP contribution in [-0.4, -0.2) is 31.2 Å². The number of furan rings is 1. The molecule has 3 aromatic rings. The van der Waals surface area contributed by atoms with E-state index in [-0.39, 0.29) is 12.2 Å². The van der Waals surface area contributed by atoms with Gasteiger partial charge in [0.05, 0.1) is 26.7 Å². The monoisotopic (exact) mass is 397 g/mol. The van der Waals surface area contributed by atoms with Crippen LogP contribution in [0.1, 0.15) is 39.7 Å². The third-order valence-corrected chi connectivity index (χ3v) is 4.87. The van der Waals surface area contributed by atoms with E-state index in [9.17, 15) is 14.7 Å². The Labute approximate surface area is 168 Å². The highest BCUT2D eigenvalue weighted by molar-refractivity contribution is 5.99. The molecule has 29 heavy (non-hydrogen) atoms. The maximum Gasteiger partial charge on any atom is 0.305 e. The fraction of sp³-hybridized carbons (Fsp3) is 0.273. The predicted molar refractivity (Wildman–Crippen MR) is 108 cm³/mol. The van der Waals surface area contributed by atoms with E-state index in [0.29, 0.717) is 28.2 Å². The SMILES string of the molecule is COc1ccc(C(CC(=O)O)NC(=O)c2oc3c(C)cccc3c2C)c(OC)c1. The summed E-state index contributed by atoms with van der Waals surface area (Å²) in [6.07, 6.45) is -0.313. The Morgan fingerprint density at radius 3 is 2.52 bits per heavy atom. The first kappa shape index (κ1) is 20.3. The second-order valence-corrected chi connectivity index (χ2v) is 6.74. The number of hydrogen-bond donors (Lipinski definition) is 2. The van der Waals surface area contributed by atoms with Crippen LogP contribution in [0, 0.1) is 13.8 Å². The number of carbonyl (C=O) groups is 2. The molecule has 7 nitrogen and oxygen atoms in total. The van der Waals surface area contributed by atoms with E-state index >= 15 is 0 Å². The molecule has 2 N–H and O–H groups in total. The zero-order chi connectivity index (χ0) is 21.1. The van der Waals surface area contributed by atoms with E-state index in [0.717, 1.165) is 10.9 Å². The molecule has 2 aromatic carbocycles. The Kier molecular flexibility index (Phi) is 5.77. The standard InChI is InChI=1S/C22H23NO6/c1-12-6-5-7-15-13(2)21(29-20(12)15)22(26)23-17(11-19(24)25)16-9-8-14(27-3)10-18(16)28-4/h5-10,17H,11H2,1-4H3,(H,23,26)(H,24,25). The molecule has 0 aliphatic rings. The molecule has 0 radical (unpaired) electrons. The van der Waals surface area contributed by atoms with Crippen molar-refractivity contribution < 1.29 is 28.6 Å². The van der Waals surface area contributed by atoms with Crippen LogP contribution >= 0.6 is 0 Å². The topological polar surface area (TPSA) is 98.0 Å². The van der Waals surface area contributed by atoms with Crippen molar-refractivity contribution in [1.29, 1.82) is 0 Å². The van der Waals surface area contributed by atoms with Gasteiger partial charge in [-0.05, 0) is 31.5 Å². The van der Waals surface area contributed by atoms with Crippen LogP contribution in [0.2, 0.25) is 0 Å². The summed E-state index contributed by atoms with van der Waals surface area (Å²) < 4.78 is 16.4. The molecule has 1 aromatic heterocycles. The van der Waals surface area contributed by atoms with Gasteiger partial charge in [-0.3, -0.25) is 9.59 Å². The number of hydrogen-bond acceptors (Lipinski definition) is 5. The number of para-hydroxylation sites is 1. The number of carbonyl (C=O) groups excluding carboxylic acids is 1. The molecule has 0 spiro atoms. The molecular formula is C22H23NO6. The van der Waals surface area contributed by atoms with Crippen molar-refractivity contribution in [2.24, 2.45) is 0 Å². The number of benzene rings is 2. The quantitative estimate of drug-likeness (QED) is 0.625. The lowest BCUT2D eigenvalue weighted by Crippen LogP contribution is -2.30. The molecule has 0 fully saturated rings. The number of fused-ring (bicyclic) bond motifs is 1. The largest absolute Gasteiger partial charge is 0.497 e. The number of amides is 1. The van der Waals surface area contributed by atoms with Crippen LogP contribution < -0.4 is 14.8 Å². The van der Waals surface area contributed by atoms with Gasteiger partial charge in [0, 0.05) is 22.6 Å². The van der Waals surface area contributed by atoms with Crippen molar-refractivity contribution in [3.05, 3.63) is 58.8 Å². The fourth-order valence-electron chi connectivity index (χ4n) is 3.34. The first-order valence-corrected chi connectivity index (χ1v) is 9.09. The number of nitrogens with one attached hydrogen (secondary N) is 1. The smallest absolute Gasteiger partial charge is 0.305 e. The summed E-state index contributed by atoms with van der Waals surface area (Å²) in [5, 5.41) is 13.0. The number of carboxylic acids is 1. The highest BCUT2D eigenvalue weighted by Gasteiger charge is 2.26. The van der Waals surface area contributed by atoms with Gasteiger partial charge < -0.3 is 24.3 Å². The number of rotatable bonds is 7. The molecule has 0 saturated heterocycles. The summed E-state index contributed by atoms with van der Waals surface area (Å²) in [5.74, 6) is -0.382. The molecule has 0 saturated carbocycles. The van der Waals surface area contributed by atoms with Gasteiger partial charge in [0.1, 0.15) is 17.1 Å². The fourth-order valence-corrected chi connectivity index (χ4v) is 3.34. The van der Waals surface area contributed by atoms with Gasteiger partial charge in [-0.25, -0.2) is 0 Å². The van der Waals surface area contributed by atoms with E-state index in [2.05, 4.69) is 5.32 Å². The van der Waals surface area contributed by atoms with Crippen molar-refractivity contribution in [2.45, 2.75) is 26.3 Å². The zero-order valence-electron chi connectivity index (χ0n) is 16.7. The molecule has 1 heterocycles. The van der Waals surface area contributed by atoms with E-state index in [1.54, 1.807) is 25.1 Å². The van der Waals surface area contributed by atoms with E-state index in [1.807, 2.05) is 25.1 Å². The second kappa shape index (κ2) is 8.26. The van der Waals surface area contributed by atoms with Crippen LogP contribution in [0.4, 0.5) is 0 Å². The minimum absolute atomic E-state index is 0.164.